The van der Waals surface area contributed by atoms with Crippen molar-refractivity contribution in [3.63, 3.8) is 0 Å². The van der Waals surface area contributed by atoms with E-state index >= 15 is 0 Å². The van der Waals surface area contributed by atoms with Gasteiger partial charge in [0.2, 0.25) is 0 Å². The van der Waals surface area contributed by atoms with Crippen LogP contribution in [0.1, 0.15) is 0 Å². The van der Waals surface area contributed by atoms with Crippen LogP contribution in [0.15, 0.2) is 167 Å². The average molecular weight is 611 g/mol. The topological polar surface area (TPSA) is 26.3 Å². The molecule has 2 heterocycles. The molecule has 0 spiro atoms. The summed E-state index contributed by atoms with van der Waals surface area (Å²) < 4.78 is 12.6. The van der Waals surface area contributed by atoms with E-state index in [1.165, 1.54) is 65.3 Å². The van der Waals surface area contributed by atoms with Crippen LogP contribution in [-0.2, 0) is 0 Å². The molecule has 0 fully saturated rings. The van der Waals surface area contributed by atoms with Gasteiger partial charge in [0, 0.05) is 21.5 Å². The van der Waals surface area contributed by atoms with Crippen molar-refractivity contribution in [2.45, 2.75) is 0 Å². The molecule has 0 radical (unpaired) electrons. The van der Waals surface area contributed by atoms with E-state index in [0.29, 0.717) is 0 Å². The molecule has 0 aliphatic heterocycles. The Morgan fingerprint density at radius 3 is 1.69 bits per heavy atom. The highest BCUT2D eigenvalue weighted by Gasteiger charge is 2.21. The zero-order chi connectivity index (χ0) is 31.3. The summed E-state index contributed by atoms with van der Waals surface area (Å²) in [6.07, 6.45) is 0. The lowest BCUT2D eigenvalue weighted by Crippen LogP contribution is -1.92. The Bertz CT molecular complexity index is 3010. The first-order valence-corrected chi connectivity index (χ1v) is 16.4. The molecular formula is C46H26O2. The van der Waals surface area contributed by atoms with Gasteiger partial charge in [0.05, 0.1) is 0 Å². The number of benzene rings is 9. The Kier molecular flexibility index (Phi) is 5.14. The molecular weight excluding hydrogens is 585 g/mol. The van der Waals surface area contributed by atoms with E-state index in [2.05, 4.69) is 146 Å². The summed E-state index contributed by atoms with van der Waals surface area (Å²) in [7, 11) is 0. The number of para-hydroxylation sites is 1. The molecule has 0 atom stereocenters. The zero-order valence-electron chi connectivity index (χ0n) is 25.8. The smallest absolute Gasteiger partial charge is 0.136 e. The highest BCUT2D eigenvalue weighted by molar-refractivity contribution is 6.28. The normalized spacial score (nSPS) is 12.2. The van der Waals surface area contributed by atoms with E-state index in [1.807, 2.05) is 12.1 Å². The second kappa shape index (κ2) is 9.57. The van der Waals surface area contributed by atoms with Crippen molar-refractivity contribution in [3.05, 3.63) is 158 Å². The van der Waals surface area contributed by atoms with Gasteiger partial charge in [-0.15, -0.1) is 0 Å². The minimum atomic E-state index is 0.909. The van der Waals surface area contributed by atoms with Gasteiger partial charge in [0.1, 0.15) is 22.3 Å². The van der Waals surface area contributed by atoms with Crippen molar-refractivity contribution in [3.8, 4) is 33.4 Å². The first-order chi connectivity index (χ1) is 23.8. The quantitative estimate of drug-likeness (QED) is 0.147. The lowest BCUT2D eigenvalue weighted by atomic mass is 9.84. The van der Waals surface area contributed by atoms with Crippen molar-refractivity contribution in [2.75, 3.05) is 0 Å². The Labute approximate surface area is 275 Å². The maximum absolute atomic E-state index is 6.34. The number of fused-ring (bicyclic) bond motifs is 5. The van der Waals surface area contributed by atoms with E-state index in [9.17, 15) is 0 Å². The van der Waals surface area contributed by atoms with Gasteiger partial charge in [-0.3, -0.25) is 0 Å². The molecule has 0 saturated carbocycles. The third-order valence-electron chi connectivity index (χ3n) is 10.2. The summed E-state index contributed by atoms with van der Waals surface area (Å²) in [6, 6.07) is 56.7. The molecule has 0 saturated heterocycles. The highest BCUT2D eigenvalue weighted by atomic mass is 16.3. The first-order valence-electron chi connectivity index (χ1n) is 16.4. The van der Waals surface area contributed by atoms with Gasteiger partial charge in [-0.2, -0.15) is 0 Å². The molecule has 0 aliphatic carbocycles. The Morgan fingerprint density at radius 1 is 0.292 bits per heavy atom. The zero-order valence-corrected chi connectivity index (χ0v) is 25.8. The molecule has 0 bridgehead atoms. The summed E-state index contributed by atoms with van der Waals surface area (Å²) in [5, 5.41) is 12.1. The molecule has 0 unspecified atom stereocenters. The fourth-order valence-corrected chi connectivity index (χ4v) is 8.15. The van der Waals surface area contributed by atoms with E-state index in [-0.39, 0.29) is 0 Å². The molecule has 48 heavy (non-hydrogen) atoms. The Balaban J connectivity index is 1.16. The van der Waals surface area contributed by atoms with E-state index in [1.54, 1.807) is 0 Å². The van der Waals surface area contributed by atoms with Crippen molar-refractivity contribution in [2.24, 2.45) is 0 Å². The van der Waals surface area contributed by atoms with Gasteiger partial charge in [0.15, 0.2) is 0 Å². The summed E-state index contributed by atoms with van der Waals surface area (Å²) >= 11 is 0. The molecule has 2 heteroatoms. The standard InChI is InChI=1S/C46H26O2/c1-3-15-35-33(13-1)43(30-11-7-10-28(25-30)29-20-21-32-31-12-5-6-17-39(31)47-42(32)26-29)34-14-2-4-16-36(34)45(35)37-23-24-41-46-38(37)22-19-27-9-8-18-40(48-41)44(27)46/h1-26H. The van der Waals surface area contributed by atoms with Crippen LogP contribution in [0.3, 0.4) is 0 Å². The van der Waals surface area contributed by atoms with Gasteiger partial charge >= 0.3 is 0 Å². The third-order valence-corrected chi connectivity index (χ3v) is 10.2. The van der Waals surface area contributed by atoms with E-state index in [4.69, 9.17) is 8.83 Å². The molecule has 0 aliphatic rings. The summed E-state index contributed by atoms with van der Waals surface area (Å²) in [6.45, 7) is 0. The molecule has 11 rings (SSSR count). The van der Waals surface area contributed by atoms with Crippen LogP contribution >= 0.6 is 0 Å². The van der Waals surface area contributed by atoms with Gasteiger partial charge in [0.25, 0.3) is 0 Å². The van der Waals surface area contributed by atoms with Gasteiger partial charge in [-0.1, -0.05) is 115 Å². The Hall–Kier alpha value is -6.38. The SMILES string of the molecule is c1cc(-c2ccc3c(c2)oc2ccccc23)cc(-c2c3ccccc3c(-c3ccc4oc5cccc6ccc3c4c65)c3ccccc23)c1. The van der Waals surface area contributed by atoms with Crippen LogP contribution in [0.4, 0.5) is 0 Å². The predicted molar refractivity (Wildman–Crippen MR) is 201 cm³/mol. The van der Waals surface area contributed by atoms with Crippen LogP contribution in [0.2, 0.25) is 0 Å². The maximum Gasteiger partial charge on any atom is 0.136 e. The fraction of sp³-hybridized carbons (Fsp3) is 0. The van der Waals surface area contributed by atoms with E-state index in [0.717, 1.165) is 44.2 Å². The second-order valence-corrected chi connectivity index (χ2v) is 12.8. The molecule has 9 aromatic carbocycles. The van der Waals surface area contributed by atoms with Crippen LogP contribution < -0.4 is 0 Å². The summed E-state index contributed by atoms with van der Waals surface area (Å²) in [5.41, 5.74) is 10.9. The minimum Gasteiger partial charge on any atom is -0.456 e. The number of furan rings is 2. The van der Waals surface area contributed by atoms with Gasteiger partial charge in [-0.05, 0) is 108 Å². The summed E-state index contributed by atoms with van der Waals surface area (Å²) in [5.74, 6) is 0. The lowest BCUT2D eigenvalue weighted by Gasteiger charge is -2.19. The second-order valence-electron chi connectivity index (χ2n) is 12.8. The monoisotopic (exact) mass is 610 g/mol. The predicted octanol–water partition coefficient (Wildman–Crippen LogP) is 13.4. The van der Waals surface area contributed by atoms with Gasteiger partial charge in [-0.25, -0.2) is 0 Å². The van der Waals surface area contributed by atoms with Crippen LogP contribution in [0, 0.1) is 0 Å². The minimum absolute atomic E-state index is 0.909. The van der Waals surface area contributed by atoms with Crippen LogP contribution in [-0.4, -0.2) is 0 Å². The average Bonchev–Trinajstić information content (AvgIpc) is 3.72. The molecule has 11 aromatic rings. The van der Waals surface area contributed by atoms with Crippen molar-refractivity contribution >= 4 is 76.2 Å². The molecule has 2 nitrogen and oxygen atoms in total. The first kappa shape index (κ1) is 25.8. The number of hydrogen-bond acceptors (Lipinski definition) is 2. The van der Waals surface area contributed by atoms with Crippen LogP contribution in [0.5, 0.6) is 0 Å². The van der Waals surface area contributed by atoms with E-state index < -0.39 is 0 Å². The van der Waals surface area contributed by atoms with Crippen LogP contribution in [0.25, 0.3) is 110 Å². The molecule has 0 amide bonds. The molecule has 0 N–H and O–H groups in total. The number of hydrogen-bond donors (Lipinski definition) is 0. The van der Waals surface area contributed by atoms with Gasteiger partial charge < -0.3 is 8.83 Å². The molecule has 222 valence electrons. The summed E-state index contributed by atoms with van der Waals surface area (Å²) in [4.78, 5) is 0. The molecule has 2 aromatic heterocycles. The number of rotatable bonds is 3. The van der Waals surface area contributed by atoms with Crippen molar-refractivity contribution in [1.82, 2.24) is 0 Å². The lowest BCUT2D eigenvalue weighted by molar-refractivity contribution is 0.669. The largest absolute Gasteiger partial charge is 0.456 e. The fourth-order valence-electron chi connectivity index (χ4n) is 8.15. The Morgan fingerprint density at radius 2 is 0.875 bits per heavy atom. The maximum atomic E-state index is 6.34. The van der Waals surface area contributed by atoms with Crippen molar-refractivity contribution in [1.29, 1.82) is 0 Å². The third kappa shape index (κ3) is 3.52. The highest BCUT2D eigenvalue weighted by Crippen LogP contribution is 2.48. The van der Waals surface area contributed by atoms with Crippen molar-refractivity contribution < 1.29 is 8.83 Å².